The van der Waals surface area contributed by atoms with Crippen molar-refractivity contribution in [1.29, 1.82) is 0 Å². The quantitative estimate of drug-likeness (QED) is 0.752. The van der Waals surface area contributed by atoms with Crippen molar-refractivity contribution < 1.29 is 0 Å². The molecule has 0 bridgehead atoms. The Morgan fingerprint density at radius 3 is 2.52 bits per heavy atom. The van der Waals surface area contributed by atoms with Crippen molar-refractivity contribution in [2.24, 2.45) is 0 Å². The van der Waals surface area contributed by atoms with E-state index in [0.29, 0.717) is 11.0 Å². The van der Waals surface area contributed by atoms with Gasteiger partial charge in [-0.3, -0.25) is 0 Å². The van der Waals surface area contributed by atoms with E-state index in [0.717, 1.165) is 23.7 Å². The van der Waals surface area contributed by atoms with Gasteiger partial charge in [0, 0.05) is 12.2 Å². The molecule has 0 unspecified atom stereocenters. The first-order valence-electron chi connectivity index (χ1n) is 7.32. The smallest absolute Gasteiger partial charge is 0.249 e. The molecule has 0 fully saturated rings. The number of hydrogen-bond donors (Lipinski definition) is 1. The molecule has 1 aromatic heterocycles. The number of benzene rings is 2. The van der Waals surface area contributed by atoms with Gasteiger partial charge >= 0.3 is 0 Å². The number of halogens is 1. The summed E-state index contributed by atoms with van der Waals surface area (Å²) in [7, 11) is 0. The van der Waals surface area contributed by atoms with Gasteiger partial charge in [-0.1, -0.05) is 41.9 Å². The Bertz CT molecular complexity index is 779. The second kappa shape index (κ2) is 7.07. The summed E-state index contributed by atoms with van der Waals surface area (Å²) in [6.45, 7) is 2.84. The van der Waals surface area contributed by atoms with E-state index in [2.05, 4.69) is 32.3 Å². The maximum Gasteiger partial charge on any atom is 0.249 e. The van der Waals surface area contributed by atoms with Crippen LogP contribution in [-0.4, -0.2) is 21.7 Å². The van der Waals surface area contributed by atoms with E-state index in [1.807, 2.05) is 54.6 Å². The molecule has 0 spiro atoms. The number of aromatic nitrogens is 3. The molecule has 116 valence electrons. The van der Waals surface area contributed by atoms with Crippen LogP contribution < -0.4 is 10.2 Å². The lowest BCUT2D eigenvalue weighted by Gasteiger charge is -2.21. The number of para-hydroxylation sites is 2. The monoisotopic (exact) mass is 325 g/mol. The van der Waals surface area contributed by atoms with E-state index in [4.69, 9.17) is 11.6 Å². The van der Waals surface area contributed by atoms with E-state index >= 15 is 0 Å². The topological polar surface area (TPSA) is 53.9 Å². The van der Waals surface area contributed by atoms with Crippen LogP contribution in [0.3, 0.4) is 0 Å². The van der Waals surface area contributed by atoms with Crippen molar-refractivity contribution in [2.75, 3.05) is 16.8 Å². The summed E-state index contributed by atoms with van der Waals surface area (Å²) in [5.74, 6) is 1.13. The fraction of sp³-hybridized carbons (Fsp3) is 0.118. The zero-order valence-corrected chi connectivity index (χ0v) is 13.4. The van der Waals surface area contributed by atoms with Gasteiger partial charge in [0.15, 0.2) is 5.82 Å². The standard InChI is InChI=1S/C17H16ClN5/c1-2-23(13-8-4-3-5-9-13)16-12-19-22-17(21-16)20-15-11-7-6-10-14(15)18/h3-12H,2H2,1H3,(H,20,21,22). The molecule has 2 aromatic carbocycles. The van der Waals surface area contributed by atoms with Crippen LogP contribution in [0.4, 0.5) is 23.1 Å². The Labute approximate surface area is 140 Å². The van der Waals surface area contributed by atoms with E-state index < -0.39 is 0 Å². The minimum absolute atomic E-state index is 0.407. The predicted octanol–water partition coefficient (Wildman–Crippen LogP) is 4.43. The molecule has 5 nitrogen and oxygen atoms in total. The lowest BCUT2D eigenvalue weighted by Crippen LogP contribution is -2.18. The molecule has 3 aromatic rings. The molecule has 1 N–H and O–H groups in total. The lowest BCUT2D eigenvalue weighted by atomic mass is 10.3. The van der Waals surface area contributed by atoms with Gasteiger partial charge < -0.3 is 10.2 Å². The summed E-state index contributed by atoms with van der Waals surface area (Å²) in [5.41, 5.74) is 1.80. The van der Waals surface area contributed by atoms with Gasteiger partial charge in [-0.05, 0) is 31.2 Å². The van der Waals surface area contributed by atoms with E-state index in [-0.39, 0.29) is 0 Å². The average molecular weight is 326 g/mol. The highest BCUT2D eigenvalue weighted by atomic mass is 35.5. The summed E-state index contributed by atoms with van der Waals surface area (Å²) in [4.78, 5) is 6.60. The molecule has 23 heavy (non-hydrogen) atoms. The normalized spacial score (nSPS) is 10.3. The molecule has 3 rings (SSSR count). The third-order valence-corrected chi connectivity index (χ3v) is 3.66. The first-order valence-corrected chi connectivity index (χ1v) is 7.69. The number of anilines is 4. The zero-order chi connectivity index (χ0) is 16.1. The molecule has 0 saturated carbocycles. The van der Waals surface area contributed by atoms with Crippen LogP contribution in [0.5, 0.6) is 0 Å². The van der Waals surface area contributed by atoms with Crippen molar-refractivity contribution in [3.63, 3.8) is 0 Å². The fourth-order valence-electron chi connectivity index (χ4n) is 2.25. The van der Waals surface area contributed by atoms with Crippen LogP contribution in [0.2, 0.25) is 5.02 Å². The van der Waals surface area contributed by atoms with Crippen molar-refractivity contribution in [3.05, 3.63) is 65.8 Å². The summed E-state index contributed by atoms with van der Waals surface area (Å²) >= 11 is 6.15. The Morgan fingerprint density at radius 1 is 1.04 bits per heavy atom. The Morgan fingerprint density at radius 2 is 1.78 bits per heavy atom. The lowest BCUT2D eigenvalue weighted by molar-refractivity contribution is 0.922. The van der Waals surface area contributed by atoms with E-state index in [9.17, 15) is 0 Å². The van der Waals surface area contributed by atoms with Crippen LogP contribution >= 0.6 is 11.6 Å². The van der Waals surface area contributed by atoms with Crippen molar-refractivity contribution in [2.45, 2.75) is 6.92 Å². The highest BCUT2D eigenvalue weighted by Crippen LogP contribution is 2.25. The van der Waals surface area contributed by atoms with Crippen LogP contribution in [0.25, 0.3) is 0 Å². The van der Waals surface area contributed by atoms with Crippen molar-refractivity contribution >= 4 is 34.7 Å². The molecular formula is C17H16ClN5. The second-order valence-corrected chi connectivity index (χ2v) is 5.23. The molecule has 0 saturated heterocycles. The van der Waals surface area contributed by atoms with E-state index in [1.165, 1.54) is 0 Å². The summed E-state index contributed by atoms with van der Waals surface area (Å²) < 4.78 is 0. The average Bonchev–Trinajstić information content (AvgIpc) is 2.59. The van der Waals surface area contributed by atoms with Crippen LogP contribution in [0.15, 0.2) is 60.8 Å². The Hall–Kier alpha value is -2.66. The van der Waals surface area contributed by atoms with Gasteiger partial charge in [-0.25, -0.2) is 0 Å². The first-order chi connectivity index (χ1) is 11.3. The Balaban J connectivity index is 1.89. The maximum absolute atomic E-state index is 6.15. The third kappa shape index (κ3) is 3.57. The van der Waals surface area contributed by atoms with Gasteiger partial charge in [0.1, 0.15) is 0 Å². The molecule has 0 atom stereocenters. The summed E-state index contributed by atoms with van der Waals surface area (Å²) in [6, 6.07) is 17.5. The maximum atomic E-state index is 6.15. The highest BCUT2D eigenvalue weighted by molar-refractivity contribution is 6.33. The van der Waals surface area contributed by atoms with Crippen LogP contribution in [0.1, 0.15) is 6.92 Å². The number of nitrogens with zero attached hydrogens (tertiary/aromatic N) is 4. The minimum Gasteiger partial charge on any atom is -0.325 e. The third-order valence-electron chi connectivity index (χ3n) is 3.33. The van der Waals surface area contributed by atoms with Crippen molar-refractivity contribution in [3.8, 4) is 0 Å². The van der Waals surface area contributed by atoms with Gasteiger partial charge in [0.05, 0.1) is 16.9 Å². The molecule has 0 amide bonds. The minimum atomic E-state index is 0.407. The SMILES string of the molecule is CCN(c1ccccc1)c1cnnc(Nc2ccccc2Cl)n1. The number of rotatable bonds is 5. The van der Waals surface area contributed by atoms with Crippen LogP contribution in [-0.2, 0) is 0 Å². The molecule has 0 aliphatic rings. The number of hydrogen-bond acceptors (Lipinski definition) is 5. The largest absolute Gasteiger partial charge is 0.325 e. The van der Waals surface area contributed by atoms with Crippen LogP contribution in [0, 0.1) is 0 Å². The second-order valence-electron chi connectivity index (χ2n) is 4.82. The summed E-state index contributed by atoms with van der Waals surface area (Å²) in [5, 5.41) is 11.8. The van der Waals surface area contributed by atoms with Gasteiger partial charge in [-0.15, -0.1) is 5.10 Å². The van der Waals surface area contributed by atoms with Gasteiger partial charge in [0.25, 0.3) is 0 Å². The Kier molecular flexibility index (Phi) is 4.68. The van der Waals surface area contributed by atoms with Gasteiger partial charge in [0.2, 0.25) is 5.95 Å². The molecule has 1 heterocycles. The first kappa shape index (κ1) is 15.2. The van der Waals surface area contributed by atoms with Gasteiger partial charge in [-0.2, -0.15) is 10.1 Å². The van der Waals surface area contributed by atoms with E-state index in [1.54, 1.807) is 6.20 Å². The molecule has 0 radical (unpaired) electrons. The zero-order valence-electron chi connectivity index (χ0n) is 12.6. The highest BCUT2D eigenvalue weighted by Gasteiger charge is 2.11. The molecular weight excluding hydrogens is 310 g/mol. The summed E-state index contributed by atoms with van der Waals surface area (Å²) in [6.07, 6.45) is 1.65. The fourth-order valence-corrected chi connectivity index (χ4v) is 2.43. The molecule has 0 aliphatic carbocycles. The molecule has 0 aliphatic heterocycles. The molecule has 6 heteroatoms. The number of nitrogens with one attached hydrogen (secondary N) is 1. The predicted molar refractivity (Wildman–Crippen MR) is 93.7 cm³/mol. The van der Waals surface area contributed by atoms with Crippen molar-refractivity contribution in [1.82, 2.24) is 15.2 Å².